The Morgan fingerprint density at radius 2 is 2.22 bits per heavy atom. The Morgan fingerprint density at radius 1 is 1.56 bits per heavy atom. The molecule has 1 aromatic rings. The van der Waals surface area contributed by atoms with E-state index in [9.17, 15) is 10.1 Å². The maximum atomic E-state index is 10.9. The molecule has 0 fully saturated rings. The number of rotatable bonds is 5. The van der Waals surface area contributed by atoms with Gasteiger partial charge in [0, 0.05) is 18.7 Å². The summed E-state index contributed by atoms with van der Waals surface area (Å²) in [6.45, 7) is 2.71. The minimum Gasteiger partial charge on any atom is -0.376 e. The molecule has 0 aliphatic rings. The molecule has 0 radical (unpaired) electrons. The number of nitro groups is 1. The molecule has 1 N–H and O–H groups in total. The lowest BCUT2D eigenvalue weighted by Gasteiger charge is -2.19. The van der Waals surface area contributed by atoms with Crippen molar-refractivity contribution in [3.05, 3.63) is 33.9 Å². The van der Waals surface area contributed by atoms with Gasteiger partial charge in [0.25, 0.3) is 5.69 Å². The maximum Gasteiger partial charge on any atom is 0.293 e. The SMILES string of the molecule is CC(CN(C)C)Nc1ccc(C#N)cc1[N+](=O)[O-]. The quantitative estimate of drug-likeness (QED) is 0.635. The Hall–Kier alpha value is -2.13. The van der Waals surface area contributed by atoms with Crippen LogP contribution in [-0.2, 0) is 0 Å². The summed E-state index contributed by atoms with van der Waals surface area (Å²) in [7, 11) is 3.87. The molecule has 1 rings (SSSR count). The third-order valence-corrected chi connectivity index (χ3v) is 2.36. The van der Waals surface area contributed by atoms with Gasteiger partial charge in [-0.05, 0) is 33.2 Å². The van der Waals surface area contributed by atoms with Crippen LogP contribution in [0.2, 0.25) is 0 Å². The molecule has 1 aromatic carbocycles. The summed E-state index contributed by atoms with van der Waals surface area (Å²) in [4.78, 5) is 12.5. The molecular formula is C12H16N4O2. The first-order valence-corrected chi connectivity index (χ1v) is 5.54. The van der Waals surface area contributed by atoms with E-state index in [4.69, 9.17) is 5.26 Å². The van der Waals surface area contributed by atoms with Crippen molar-refractivity contribution in [2.24, 2.45) is 0 Å². The molecule has 6 nitrogen and oxygen atoms in total. The summed E-state index contributed by atoms with van der Waals surface area (Å²) in [5, 5.41) is 22.8. The first kappa shape index (κ1) is 13.9. The predicted molar refractivity (Wildman–Crippen MR) is 69.5 cm³/mol. The van der Waals surface area contributed by atoms with Crippen LogP contribution in [0.15, 0.2) is 18.2 Å². The van der Waals surface area contributed by atoms with Crippen LogP contribution in [0.5, 0.6) is 0 Å². The highest BCUT2D eigenvalue weighted by Crippen LogP contribution is 2.25. The second-order valence-electron chi connectivity index (χ2n) is 4.41. The molecule has 1 atom stereocenters. The molecule has 0 saturated heterocycles. The molecule has 0 bridgehead atoms. The van der Waals surface area contributed by atoms with E-state index in [2.05, 4.69) is 5.32 Å². The topological polar surface area (TPSA) is 82.2 Å². The number of nitrogens with one attached hydrogen (secondary N) is 1. The molecule has 0 aliphatic heterocycles. The van der Waals surface area contributed by atoms with Crippen LogP contribution in [0, 0.1) is 21.4 Å². The van der Waals surface area contributed by atoms with Crippen molar-refractivity contribution in [3.63, 3.8) is 0 Å². The molecule has 6 heteroatoms. The minimum atomic E-state index is -0.481. The smallest absolute Gasteiger partial charge is 0.293 e. The van der Waals surface area contributed by atoms with Gasteiger partial charge >= 0.3 is 0 Å². The molecule has 0 aromatic heterocycles. The second kappa shape index (κ2) is 5.98. The summed E-state index contributed by atoms with van der Waals surface area (Å²) >= 11 is 0. The Morgan fingerprint density at radius 3 is 2.72 bits per heavy atom. The number of likely N-dealkylation sites (N-methyl/N-ethyl adjacent to an activating group) is 1. The second-order valence-corrected chi connectivity index (χ2v) is 4.41. The average Bonchev–Trinajstić information content (AvgIpc) is 2.28. The van der Waals surface area contributed by atoms with Gasteiger partial charge in [0.05, 0.1) is 16.6 Å². The molecule has 0 saturated carbocycles. The van der Waals surface area contributed by atoms with E-state index >= 15 is 0 Å². The van der Waals surface area contributed by atoms with Crippen molar-refractivity contribution in [1.82, 2.24) is 4.90 Å². The van der Waals surface area contributed by atoms with E-state index in [1.165, 1.54) is 6.07 Å². The summed E-state index contributed by atoms with van der Waals surface area (Å²) in [5.41, 5.74) is 0.653. The molecule has 96 valence electrons. The van der Waals surface area contributed by atoms with E-state index in [0.29, 0.717) is 5.69 Å². The van der Waals surface area contributed by atoms with Gasteiger partial charge in [-0.25, -0.2) is 0 Å². The van der Waals surface area contributed by atoms with E-state index in [0.717, 1.165) is 6.54 Å². The minimum absolute atomic E-state index is 0.0698. The zero-order valence-electron chi connectivity index (χ0n) is 10.7. The van der Waals surface area contributed by atoms with Gasteiger partial charge in [-0.2, -0.15) is 5.26 Å². The highest BCUT2D eigenvalue weighted by atomic mass is 16.6. The van der Waals surface area contributed by atoms with Gasteiger partial charge in [0.1, 0.15) is 5.69 Å². The fourth-order valence-corrected chi connectivity index (χ4v) is 1.73. The number of hydrogen-bond donors (Lipinski definition) is 1. The van der Waals surface area contributed by atoms with Crippen LogP contribution in [0.3, 0.4) is 0 Å². The Labute approximate surface area is 106 Å². The lowest BCUT2D eigenvalue weighted by Crippen LogP contribution is -2.29. The van der Waals surface area contributed by atoms with Gasteiger partial charge in [-0.15, -0.1) is 0 Å². The third kappa shape index (κ3) is 3.71. The lowest BCUT2D eigenvalue weighted by molar-refractivity contribution is -0.384. The number of hydrogen-bond acceptors (Lipinski definition) is 5. The number of nitriles is 1. The number of anilines is 1. The standard InChI is InChI=1S/C12H16N4O2/c1-9(8-15(2)3)14-11-5-4-10(7-13)6-12(11)16(17)18/h4-6,9,14H,8H2,1-3H3. The molecule has 1 unspecified atom stereocenters. The lowest BCUT2D eigenvalue weighted by atomic mass is 10.1. The van der Waals surface area contributed by atoms with Gasteiger partial charge in [-0.3, -0.25) is 10.1 Å². The summed E-state index contributed by atoms with van der Waals surface area (Å²) < 4.78 is 0. The fourth-order valence-electron chi connectivity index (χ4n) is 1.73. The Kier molecular flexibility index (Phi) is 4.63. The molecule has 0 aliphatic carbocycles. The van der Waals surface area contributed by atoms with Crippen LogP contribution in [0.25, 0.3) is 0 Å². The van der Waals surface area contributed by atoms with Crippen LogP contribution in [0.1, 0.15) is 12.5 Å². The van der Waals surface area contributed by atoms with Crippen LogP contribution in [-0.4, -0.2) is 36.5 Å². The molecule has 0 heterocycles. The van der Waals surface area contributed by atoms with Crippen molar-refractivity contribution < 1.29 is 4.92 Å². The van der Waals surface area contributed by atoms with Gasteiger partial charge in [0.15, 0.2) is 0 Å². The number of benzene rings is 1. The largest absolute Gasteiger partial charge is 0.376 e. The van der Waals surface area contributed by atoms with E-state index < -0.39 is 4.92 Å². The third-order valence-electron chi connectivity index (χ3n) is 2.36. The van der Waals surface area contributed by atoms with Crippen molar-refractivity contribution in [1.29, 1.82) is 5.26 Å². The first-order valence-electron chi connectivity index (χ1n) is 5.54. The van der Waals surface area contributed by atoms with Crippen molar-refractivity contribution >= 4 is 11.4 Å². The first-order chi connectivity index (χ1) is 8.43. The molecule has 0 spiro atoms. The summed E-state index contributed by atoms with van der Waals surface area (Å²) in [6, 6.07) is 6.39. The fraction of sp³-hybridized carbons (Fsp3) is 0.417. The van der Waals surface area contributed by atoms with Crippen LogP contribution < -0.4 is 5.32 Å². The molecular weight excluding hydrogens is 232 g/mol. The number of nitro benzene ring substituents is 1. The van der Waals surface area contributed by atoms with Crippen molar-refractivity contribution in [3.8, 4) is 6.07 Å². The highest BCUT2D eigenvalue weighted by molar-refractivity contribution is 5.64. The average molecular weight is 248 g/mol. The normalized spacial score (nSPS) is 11.9. The van der Waals surface area contributed by atoms with Crippen molar-refractivity contribution in [2.45, 2.75) is 13.0 Å². The zero-order chi connectivity index (χ0) is 13.7. The zero-order valence-corrected chi connectivity index (χ0v) is 10.7. The Balaban J connectivity index is 2.95. The number of nitrogens with zero attached hydrogens (tertiary/aromatic N) is 3. The van der Waals surface area contributed by atoms with E-state index in [-0.39, 0.29) is 17.3 Å². The van der Waals surface area contributed by atoms with E-state index in [1.807, 2.05) is 32.0 Å². The maximum absolute atomic E-state index is 10.9. The monoisotopic (exact) mass is 248 g/mol. The summed E-state index contributed by atoms with van der Waals surface area (Å²) in [5.74, 6) is 0. The Bertz CT molecular complexity index is 479. The van der Waals surface area contributed by atoms with Crippen LogP contribution in [0.4, 0.5) is 11.4 Å². The van der Waals surface area contributed by atoms with Gasteiger partial charge in [-0.1, -0.05) is 0 Å². The highest BCUT2D eigenvalue weighted by Gasteiger charge is 2.16. The van der Waals surface area contributed by atoms with Gasteiger partial charge in [0.2, 0.25) is 0 Å². The predicted octanol–water partition coefficient (Wildman–Crippen LogP) is 1.83. The van der Waals surface area contributed by atoms with Crippen molar-refractivity contribution in [2.75, 3.05) is 26.0 Å². The van der Waals surface area contributed by atoms with E-state index in [1.54, 1.807) is 12.1 Å². The van der Waals surface area contributed by atoms with Crippen LogP contribution >= 0.6 is 0 Å². The molecule has 18 heavy (non-hydrogen) atoms. The summed E-state index contributed by atoms with van der Waals surface area (Å²) in [6.07, 6.45) is 0. The van der Waals surface area contributed by atoms with Gasteiger partial charge < -0.3 is 10.2 Å². The molecule has 0 amide bonds.